The van der Waals surface area contributed by atoms with E-state index in [1.807, 2.05) is 109 Å². The Morgan fingerprint density at radius 1 is 0.684 bits per heavy atom. The molecular weight excluding hydrogens is 498 g/mol. The minimum atomic E-state index is 0.277. The maximum Gasteiger partial charge on any atom is 0.250 e. The van der Waals surface area contributed by atoms with Gasteiger partial charge in [-0.25, -0.2) is 5.43 Å². The van der Waals surface area contributed by atoms with Gasteiger partial charge in [0, 0.05) is 22.0 Å². The molecule has 0 amide bonds. The minimum Gasteiger partial charge on any atom is -0.489 e. The van der Waals surface area contributed by atoms with Crippen LogP contribution in [0.3, 0.4) is 0 Å². The number of aromatic nitrogens is 3. The van der Waals surface area contributed by atoms with E-state index in [4.69, 9.17) is 16.3 Å². The number of benzene rings is 4. The van der Waals surface area contributed by atoms with Crippen LogP contribution >= 0.6 is 11.6 Å². The van der Waals surface area contributed by atoms with Crippen molar-refractivity contribution >= 4 is 47.0 Å². The molecule has 0 fully saturated rings. The summed E-state index contributed by atoms with van der Waals surface area (Å²) in [5.74, 6) is 1.73. The SMILES string of the molecule is Clc1ccccc1COc1cccc(/C=N/Nc2nc(Nc3ccccc3)nc(Nc3ccccc3)n2)c1. The molecule has 1 aromatic heterocycles. The quantitative estimate of drug-likeness (QED) is 0.134. The number of nitrogens with one attached hydrogen (secondary N) is 3. The van der Waals surface area contributed by atoms with Crippen molar-refractivity contribution in [3.05, 3.63) is 125 Å². The van der Waals surface area contributed by atoms with Crippen molar-refractivity contribution in [1.29, 1.82) is 0 Å². The molecule has 0 aliphatic rings. The first kappa shape index (κ1) is 24.7. The zero-order chi connectivity index (χ0) is 26.0. The van der Waals surface area contributed by atoms with Crippen molar-refractivity contribution in [2.24, 2.45) is 5.10 Å². The van der Waals surface area contributed by atoms with Gasteiger partial charge >= 0.3 is 0 Å². The van der Waals surface area contributed by atoms with Gasteiger partial charge in [-0.1, -0.05) is 78.3 Å². The van der Waals surface area contributed by atoms with E-state index in [0.29, 0.717) is 29.3 Å². The fourth-order valence-electron chi connectivity index (χ4n) is 3.46. The highest BCUT2D eigenvalue weighted by Crippen LogP contribution is 2.20. The van der Waals surface area contributed by atoms with E-state index in [1.165, 1.54) is 0 Å². The lowest BCUT2D eigenvalue weighted by molar-refractivity contribution is 0.306. The molecule has 8 nitrogen and oxygen atoms in total. The number of hydrogen-bond donors (Lipinski definition) is 3. The molecule has 4 aromatic carbocycles. The first-order chi connectivity index (χ1) is 18.7. The first-order valence-electron chi connectivity index (χ1n) is 11.9. The van der Waals surface area contributed by atoms with E-state index in [1.54, 1.807) is 6.21 Å². The largest absolute Gasteiger partial charge is 0.489 e. The molecule has 0 unspecified atom stereocenters. The lowest BCUT2D eigenvalue weighted by Crippen LogP contribution is -2.07. The lowest BCUT2D eigenvalue weighted by Gasteiger charge is -2.10. The normalized spacial score (nSPS) is 10.8. The highest BCUT2D eigenvalue weighted by molar-refractivity contribution is 6.31. The second-order valence-corrected chi connectivity index (χ2v) is 8.52. The molecule has 0 aliphatic carbocycles. The maximum atomic E-state index is 6.23. The summed E-state index contributed by atoms with van der Waals surface area (Å²) in [6, 6.07) is 34.5. The highest BCUT2D eigenvalue weighted by Gasteiger charge is 2.08. The Balaban J connectivity index is 1.29. The van der Waals surface area contributed by atoms with E-state index >= 15 is 0 Å². The summed E-state index contributed by atoms with van der Waals surface area (Å²) in [6.07, 6.45) is 1.67. The smallest absolute Gasteiger partial charge is 0.250 e. The van der Waals surface area contributed by atoms with Crippen LogP contribution in [0.1, 0.15) is 11.1 Å². The van der Waals surface area contributed by atoms with Gasteiger partial charge in [0.1, 0.15) is 12.4 Å². The third kappa shape index (κ3) is 7.05. The number of hydrazone groups is 1. The molecule has 0 aliphatic heterocycles. The van der Waals surface area contributed by atoms with E-state index in [0.717, 1.165) is 22.5 Å². The van der Waals surface area contributed by atoms with Gasteiger partial charge in [0.15, 0.2) is 0 Å². The molecule has 0 saturated heterocycles. The summed E-state index contributed by atoms with van der Waals surface area (Å²) in [6.45, 7) is 0.373. The summed E-state index contributed by atoms with van der Waals surface area (Å²) in [5, 5.41) is 11.4. The molecule has 9 heteroatoms. The van der Waals surface area contributed by atoms with Gasteiger partial charge in [0.25, 0.3) is 0 Å². The van der Waals surface area contributed by atoms with E-state index < -0.39 is 0 Å². The number of rotatable bonds is 10. The fraction of sp³-hybridized carbons (Fsp3) is 0.0345. The average Bonchev–Trinajstić information content (AvgIpc) is 2.94. The zero-order valence-corrected chi connectivity index (χ0v) is 21.0. The van der Waals surface area contributed by atoms with Gasteiger partial charge < -0.3 is 15.4 Å². The summed E-state index contributed by atoms with van der Waals surface area (Å²) in [7, 11) is 0. The summed E-state index contributed by atoms with van der Waals surface area (Å²) >= 11 is 6.23. The standard InChI is InChI=1S/C29H24ClN7O/c30-26-17-8-7-11-22(26)20-38-25-16-9-10-21(18-25)19-31-37-29-35-27(32-23-12-3-1-4-13-23)34-28(36-29)33-24-14-5-2-6-15-24/h1-19H,20H2,(H3,32,33,34,35,36,37)/b31-19+. The minimum absolute atomic E-state index is 0.277. The number of hydrogen-bond acceptors (Lipinski definition) is 8. The molecule has 188 valence electrons. The van der Waals surface area contributed by atoms with E-state index in [9.17, 15) is 0 Å². The van der Waals surface area contributed by atoms with Crippen LogP contribution in [0.5, 0.6) is 5.75 Å². The van der Waals surface area contributed by atoms with Crippen molar-refractivity contribution < 1.29 is 4.74 Å². The average molecular weight is 522 g/mol. The van der Waals surface area contributed by atoms with Gasteiger partial charge in [0.2, 0.25) is 17.8 Å². The number of anilines is 5. The Bertz CT molecular complexity index is 1450. The van der Waals surface area contributed by atoms with Gasteiger partial charge in [-0.15, -0.1) is 0 Å². The molecule has 5 rings (SSSR count). The summed E-state index contributed by atoms with van der Waals surface area (Å²) in [4.78, 5) is 13.4. The van der Waals surface area contributed by atoms with Crippen LogP contribution in [0, 0.1) is 0 Å². The predicted octanol–water partition coefficient (Wildman–Crippen LogP) is 7.04. The van der Waals surface area contributed by atoms with Gasteiger partial charge in [0.05, 0.1) is 6.21 Å². The molecule has 0 radical (unpaired) electrons. The highest BCUT2D eigenvalue weighted by atomic mass is 35.5. The maximum absolute atomic E-state index is 6.23. The summed E-state index contributed by atoms with van der Waals surface area (Å²) < 4.78 is 5.91. The van der Waals surface area contributed by atoms with Crippen molar-refractivity contribution in [2.75, 3.05) is 16.1 Å². The molecule has 0 saturated carbocycles. The summed E-state index contributed by atoms with van der Waals surface area (Å²) in [5.41, 5.74) is 6.37. The number of nitrogens with zero attached hydrogens (tertiary/aromatic N) is 4. The fourth-order valence-corrected chi connectivity index (χ4v) is 3.65. The van der Waals surface area contributed by atoms with Crippen molar-refractivity contribution in [2.45, 2.75) is 6.61 Å². The molecule has 0 atom stereocenters. The van der Waals surface area contributed by atoms with Crippen molar-refractivity contribution in [1.82, 2.24) is 15.0 Å². The number of halogens is 1. The third-order valence-electron chi connectivity index (χ3n) is 5.28. The Labute approximate surface area is 225 Å². The lowest BCUT2D eigenvalue weighted by atomic mass is 10.2. The monoisotopic (exact) mass is 521 g/mol. The van der Waals surface area contributed by atoms with Gasteiger partial charge in [-0.05, 0) is 48.0 Å². The van der Waals surface area contributed by atoms with Crippen LogP contribution in [0.25, 0.3) is 0 Å². The molecular formula is C29H24ClN7O. The molecule has 38 heavy (non-hydrogen) atoms. The second kappa shape index (κ2) is 12.3. The van der Waals surface area contributed by atoms with Gasteiger partial charge in [-0.2, -0.15) is 20.1 Å². The topological polar surface area (TPSA) is 96.4 Å². The molecule has 5 aromatic rings. The molecule has 3 N–H and O–H groups in total. The van der Waals surface area contributed by atoms with Gasteiger partial charge in [-0.3, -0.25) is 0 Å². The van der Waals surface area contributed by atoms with Crippen LogP contribution in [-0.2, 0) is 6.61 Å². The molecule has 1 heterocycles. The van der Waals surface area contributed by atoms with Crippen LogP contribution < -0.4 is 20.8 Å². The van der Waals surface area contributed by atoms with Crippen molar-refractivity contribution in [3.8, 4) is 5.75 Å². The Hall–Kier alpha value is -4.95. The van der Waals surface area contributed by atoms with Crippen LogP contribution in [0.2, 0.25) is 5.02 Å². The van der Waals surface area contributed by atoms with Crippen LogP contribution in [0.15, 0.2) is 114 Å². The predicted molar refractivity (Wildman–Crippen MR) is 153 cm³/mol. The Morgan fingerprint density at radius 2 is 1.29 bits per heavy atom. The second-order valence-electron chi connectivity index (χ2n) is 8.11. The van der Waals surface area contributed by atoms with Crippen LogP contribution in [-0.4, -0.2) is 21.2 Å². The molecule has 0 spiro atoms. The van der Waals surface area contributed by atoms with E-state index in [2.05, 4.69) is 36.1 Å². The van der Waals surface area contributed by atoms with Crippen LogP contribution in [0.4, 0.5) is 29.2 Å². The molecule has 0 bridgehead atoms. The Morgan fingerprint density at radius 3 is 1.95 bits per heavy atom. The first-order valence-corrected chi connectivity index (χ1v) is 12.2. The number of para-hydroxylation sites is 2. The third-order valence-corrected chi connectivity index (χ3v) is 5.65. The van der Waals surface area contributed by atoms with E-state index in [-0.39, 0.29) is 5.95 Å². The number of ether oxygens (including phenoxy) is 1. The Kier molecular flexibility index (Phi) is 8.03. The van der Waals surface area contributed by atoms with Crippen molar-refractivity contribution in [3.63, 3.8) is 0 Å². The zero-order valence-electron chi connectivity index (χ0n) is 20.3.